The van der Waals surface area contributed by atoms with Gasteiger partial charge in [-0.05, 0) is 49.2 Å². The third kappa shape index (κ3) is 8.63. The van der Waals surface area contributed by atoms with Crippen LogP contribution in [0.15, 0.2) is 48.7 Å². The molecule has 8 nitrogen and oxygen atoms in total. The highest BCUT2D eigenvalue weighted by molar-refractivity contribution is 8.16. The van der Waals surface area contributed by atoms with Crippen LogP contribution in [-0.4, -0.2) is 26.8 Å². The number of carbonyl (C=O) groups excluding carboxylic acids is 2. The van der Waals surface area contributed by atoms with Gasteiger partial charge in [0.1, 0.15) is 28.6 Å². The van der Waals surface area contributed by atoms with Gasteiger partial charge in [0.05, 0.1) is 0 Å². The fraction of sp³-hybridized carbons (Fsp3) is 0.222. The first kappa shape index (κ1) is 31.2. The molecule has 3 N–H and O–H groups in total. The molecule has 1 aliphatic rings. The maximum Gasteiger partial charge on any atom is 0.573 e. The Hall–Kier alpha value is -3.74. The second-order valence-electron chi connectivity index (χ2n) is 8.91. The standard InChI is InChI=1S/C27H21F4N3O5S3/c28-18-10-15(5-4-14-2-1-3-14)11-22(23(18)25(36)34-16-8-9-33-19(12-16)24(32)35)37-20-7-6-17(38-26(29,30)31)13-21(20)39-27(40,41)42/h6-14,40-42H,1-3H2,(H2,32,35)(H,33,34,36). The van der Waals surface area contributed by atoms with Gasteiger partial charge in [0.2, 0.25) is 3.60 Å². The molecular formula is C27H21F4N3O5S3. The summed E-state index contributed by atoms with van der Waals surface area (Å²) < 4.78 is 67.4. The van der Waals surface area contributed by atoms with Crippen LogP contribution < -0.4 is 25.3 Å². The number of rotatable bonds is 8. The van der Waals surface area contributed by atoms with Crippen LogP contribution in [0.1, 0.15) is 45.7 Å². The summed E-state index contributed by atoms with van der Waals surface area (Å²) in [6.07, 6.45) is -0.944. The molecular weight excluding hydrogens is 619 g/mol. The minimum atomic E-state index is -5.01. The number of nitrogens with one attached hydrogen (secondary N) is 1. The average molecular weight is 640 g/mol. The van der Waals surface area contributed by atoms with Crippen molar-refractivity contribution < 1.29 is 41.4 Å². The SMILES string of the molecule is NC(=O)c1cc(NC(=O)c2c(F)cc(C#CC3CCC3)cc2Oc2ccc(OC(F)(F)F)cc2OC(S)(S)S)ccn1. The quantitative estimate of drug-likeness (QED) is 0.0870. The molecule has 0 radical (unpaired) electrons. The van der Waals surface area contributed by atoms with Crippen LogP contribution in [0.2, 0.25) is 0 Å². The van der Waals surface area contributed by atoms with Crippen LogP contribution in [0.25, 0.3) is 0 Å². The maximum atomic E-state index is 15.5. The number of nitrogens with zero attached hydrogens (tertiary/aromatic N) is 1. The first-order valence-corrected chi connectivity index (χ1v) is 13.4. The molecule has 3 aromatic rings. The zero-order valence-electron chi connectivity index (χ0n) is 21.2. The van der Waals surface area contributed by atoms with Gasteiger partial charge in [0.15, 0.2) is 11.5 Å². The molecule has 42 heavy (non-hydrogen) atoms. The van der Waals surface area contributed by atoms with Crippen molar-refractivity contribution in [1.82, 2.24) is 4.98 Å². The van der Waals surface area contributed by atoms with Gasteiger partial charge in [-0.1, -0.05) is 18.3 Å². The fourth-order valence-electron chi connectivity index (χ4n) is 3.64. The van der Waals surface area contributed by atoms with E-state index in [-0.39, 0.29) is 40.1 Å². The molecule has 1 aliphatic carbocycles. The number of halogens is 4. The number of amides is 2. The van der Waals surface area contributed by atoms with Crippen molar-refractivity contribution in [3.05, 3.63) is 71.3 Å². The summed E-state index contributed by atoms with van der Waals surface area (Å²) in [7, 11) is 0. The number of ether oxygens (including phenoxy) is 3. The van der Waals surface area contributed by atoms with Crippen molar-refractivity contribution >= 4 is 55.4 Å². The number of benzene rings is 2. The minimum absolute atomic E-state index is 0.0747. The monoisotopic (exact) mass is 639 g/mol. The number of anilines is 1. The van der Waals surface area contributed by atoms with Crippen LogP contribution in [0.3, 0.4) is 0 Å². The second-order valence-corrected chi connectivity index (χ2v) is 11.9. The highest BCUT2D eigenvalue weighted by atomic mass is 32.2. The first-order valence-electron chi connectivity index (χ1n) is 12.0. The Morgan fingerprint density at radius 3 is 2.36 bits per heavy atom. The molecule has 15 heteroatoms. The van der Waals surface area contributed by atoms with Gasteiger partial charge in [-0.15, -0.1) is 51.1 Å². The van der Waals surface area contributed by atoms with E-state index in [1.807, 2.05) is 0 Å². The highest BCUT2D eigenvalue weighted by Gasteiger charge is 2.32. The lowest BCUT2D eigenvalue weighted by Gasteiger charge is -2.22. The van der Waals surface area contributed by atoms with E-state index in [1.54, 1.807) is 0 Å². The number of aromatic nitrogens is 1. The molecule has 0 saturated heterocycles. The van der Waals surface area contributed by atoms with Crippen molar-refractivity contribution in [1.29, 1.82) is 0 Å². The van der Waals surface area contributed by atoms with Crippen molar-refractivity contribution in [2.75, 3.05) is 5.32 Å². The van der Waals surface area contributed by atoms with Crippen molar-refractivity contribution in [3.63, 3.8) is 0 Å². The van der Waals surface area contributed by atoms with Crippen molar-refractivity contribution in [3.8, 4) is 34.8 Å². The summed E-state index contributed by atoms with van der Waals surface area (Å²) in [4.78, 5) is 28.5. The average Bonchev–Trinajstić information content (AvgIpc) is 2.82. The molecule has 2 aromatic carbocycles. The molecule has 1 aromatic heterocycles. The van der Waals surface area contributed by atoms with Gasteiger partial charge < -0.3 is 25.3 Å². The molecule has 0 bridgehead atoms. The van der Waals surface area contributed by atoms with Crippen LogP contribution in [0.4, 0.5) is 23.2 Å². The number of nitrogens with two attached hydrogens (primary N) is 1. The lowest BCUT2D eigenvalue weighted by Crippen LogP contribution is -2.18. The summed E-state index contributed by atoms with van der Waals surface area (Å²) in [5.41, 5.74) is 4.75. The third-order valence-corrected chi connectivity index (χ3v) is 5.97. The van der Waals surface area contributed by atoms with Gasteiger partial charge in [-0.2, -0.15) is 0 Å². The number of hydrogen-bond acceptors (Lipinski definition) is 9. The normalized spacial score (nSPS) is 13.3. The molecule has 220 valence electrons. The van der Waals surface area contributed by atoms with Gasteiger partial charge in [-0.3, -0.25) is 14.6 Å². The lowest BCUT2D eigenvalue weighted by molar-refractivity contribution is -0.274. The Bertz CT molecular complexity index is 1580. The van der Waals surface area contributed by atoms with E-state index in [2.05, 4.69) is 64.8 Å². The molecule has 1 heterocycles. The Balaban J connectivity index is 1.76. The molecule has 1 saturated carbocycles. The molecule has 2 amide bonds. The summed E-state index contributed by atoms with van der Waals surface area (Å²) in [5, 5.41) is 2.44. The highest BCUT2D eigenvalue weighted by Crippen LogP contribution is 2.42. The van der Waals surface area contributed by atoms with E-state index < -0.39 is 38.9 Å². The number of alkyl halides is 3. The Kier molecular flexibility index (Phi) is 9.39. The van der Waals surface area contributed by atoms with E-state index in [0.29, 0.717) is 0 Å². The van der Waals surface area contributed by atoms with Crippen LogP contribution in [0, 0.1) is 23.6 Å². The zero-order valence-corrected chi connectivity index (χ0v) is 23.9. The smallest absolute Gasteiger partial charge is 0.455 e. The Labute approximate surface area is 253 Å². The number of hydrogen-bond donors (Lipinski definition) is 5. The summed E-state index contributed by atoms with van der Waals surface area (Å²) >= 11 is 12.0. The number of thiol groups is 3. The molecule has 1 fully saturated rings. The van der Waals surface area contributed by atoms with E-state index in [0.717, 1.165) is 43.5 Å². The van der Waals surface area contributed by atoms with E-state index >= 15 is 4.39 Å². The zero-order chi connectivity index (χ0) is 30.7. The van der Waals surface area contributed by atoms with Gasteiger partial charge >= 0.3 is 6.36 Å². The van der Waals surface area contributed by atoms with Crippen LogP contribution in [-0.2, 0) is 0 Å². The maximum absolute atomic E-state index is 15.5. The summed E-state index contributed by atoms with van der Waals surface area (Å²) in [5.74, 6) is 1.52. The number of carbonyl (C=O) groups is 2. The Morgan fingerprint density at radius 1 is 1.00 bits per heavy atom. The van der Waals surface area contributed by atoms with Crippen LogP contribution in [0.5, 0.6) is 23.0 Å². The fourth-order valence-corrected chi connectivity index (χ4v) is 3.94. The van der Waals surface area contributed by atoms with E-state index in [4.69, 9.17) is 15.2 Å². The van der Waals surface area contributed by atoms with Gasteiger partial charge in [-0.25, -0.2) is 4.39 Å². The Morgan fingerprint density at radius 2 is 1.74 bits per heavy atom. The van der Waals surface area contributed by atoms with Crippen LogP contribution >= 0.6 is 37.9 Å². The lowest BCUT2D eigenvalue weighted by atomic mass is 9.86. The second kappa shape index (κ2) is 12.6. The van der Waals surface area contributed by atoms with Gasteiger partial charge in [0.25, 0.3) is 11.8 Å². The predicted octanol–water partition coefficient (Wildman–Crippen LogP) is 6.19. The van der Waals surface area contributed by atoms with Crippen molar-refractivity contribution in [2.24, 2.45) is 11.7 Å². The molecule has 0 atom stereocenters. The largest absolute Gasteiger partial charge is 0.573 e. The summed E-state index contributed by atoms with van der Waals surface area (Å²) in [6.45, 7) is 0. The molecule has 0 spiro atoms. The molecule has 0 unspecified atom stereocenters. The van der Waals surface area contributed by atoms with Crippen molar-refractivity contribution in [2.45, 2.75) is 29.2 Å². The molecule has 0 aliphatic heterocycles. The first-order chi connectivity index (χ1) is 19.7. The predicted molar refractivity (Wildman–Crippen MR) is 155 cm³/mol. The van der Waals surface area contributed by atoms with E-state index in [9.17, 15) is 22.8 Å². The number of primary amides is 1. The minimum Gasteiger partial charge on any atom is -0.455 e. The summed E-state index contributed by atoms with van der Waals surface area (Å²) in [6, 6.07) is 7.68. The number of pyridine rings is 1. The van der Waals surface area contributed by atoms with Gasteiger partial charge in [0, 0.05) is 29.4 Å². The topological polar surface area (TPSA) is 113 Å². The third-order valence-electron chi connectivity index (χ3n) is 5.69. The van der Waals surface area contributed by atoms with E-state index in [1.165, 1.54) is 24.4 Å². The molecule has 4 rings (SSSR count).